The highest BCUT2D eigenvalue weighted by Crippen LogP contribution is 2.39. The monoisotopic (exact) mass is 390 g/mol. The van der Waals surface area contributed by atoms with Gasteiger partial charge in [0.15, 0.2) is 0 Å². The second-order valence-electron chi connectivity index (χ2n) is 6.44. The van der Waals surface area contributed by atoms with E-state index < -0.39 is 0 Å². The fraction of sp³-hybridized carbons (Fsp3) is 0.643. The topological polar surface area (TPSA) is 0 Å². The standard InChI is InChI=1S/C10H18.C10H8.4C2H6.2H2/c2*1-2-6-10-8-4-3-7-9(10)5-1;4*1-2;;/h9-10H,1-8H2;1-8H;4*1-2H3;2*1H. The average molecular weight is 391 g/mol. The van der Waals surface area contributed by atoms with Crippen molar-refractivity contribution < 1.29 is 2.85 Å². The molecule has 0 heteroatoms. The fourth-order valence-corrected chi connectivity index (χ4v) is 3.99. The van der Waals surface area contributed by atoms with Gasteiger partial charge >= 0.3 is 0 Å². The molecule has 0 N–H and O–H groups in total. The van der Waals surface area contributed by atoms with Crippen LogP contribution in [-0.2, 0) is 0 Å². The number of hydrogen-bond donors (Lipinski definition) is 0. The quantitative estimate of drug-likeness (QED) is 0.419. The summed E-state index contributed by atoms with van der Waals surface area (Å²) in [5.74, 6) is 2.31. The Morgan fingerprint density at radius 2 is 0.679 bits per heavy atom. The number of benzene rings is 2. The minimum Gasteiger partial charge on any atom is -0.0683 e. The normalized spacial score (nSPS) is 19.0. The highest BCUT2D eigenvalue weighted by Gasteiger charge is 2.26. The maximum atomic E-state index is 2.12. The van der Waals surface area contributed by atoms with Gasteiger partial charge in [0.05, 0.1) is 0 Å². The summed E-state index contributed by atoms with van der Waals surface area (Å²) in [5, 5.41) is 2.62. The molecule has 2 saturated carbocycles. The maximum absolute atomic E-state index is 2.12. The Labute approximate surface area is 181 Å². The van der Waals surface area contributed by atoms with Crippen LogP contribution in [0, 0.1) is 11.8 Å². The number of rotatable bonds is 0. The maximum Gasteiger partial charge on any atom is 0 e. The molecule has 0 atom stereocenters. The summed E-state index contributed by atoms with van der Waals surface area (Å²) in [6, 6.07) is 16.7. The van der Waals surface area contributed by atoms with E-state index in [1.165, 1.54) is 36.5 Å². The van der Waals surface area contributed by atoms with Gasteiger partial charge in [0.2, 0.25) is 0 Å². The van der Waals surface area contributed by atoms with Crippen LogP contribution in [0.25, 0.3) is 10.8 Å². The lowest BCUT2D eigenvalue weighted by Gasteiger charge is -2.35. The van der Waals surface area contributed by atoms with Crippen LogP contribution in [0.4, 0.5) is 0 Å². The van der Waals surface area contributed by atoms with Crippen molar-refractivity contribution in [2.45, 2.75) is 107 Å². The van der Waals surface area contributed by atoms with Crippen molar-refractivity contribution in [1.29, 1.82) is 0 Å². The van der Waals surface area contributed by atoms with E-state index in [0.717, 1.165) is 11.8 Å². The summed E-state index contributed by atoms with van der Waals surface area (Å²) in [4.78, 5) is 0. The molecule has 0 bridgehead atoms. The van der Waals surface area contributed by atoms with Crippen LogP contribution in [0.2, 0.25) is 0 Å². The molecule has 4 rings (SSSR count). The second kappa shape index (κ2) is 22.0. The Bertz CT molecular complexity index is 447. The van der Waals surface area contributed by atoms with E-state index in [0.29, 0.717) is 0 Å². The first kappa shape index (κ1) is 28.9. The lowest BCUT2D eigenvalue weighted by atomic mass is 9.71. The summed E-state index contributed by atoms with van der Waals surface area (Å²) < 4.78 is 0. The lowest BCUT2D eigenvalue weighted by molar-refractivity contribution is 0.171. The largest absolute Gasteiger partial charge is 0.0683 e. The smallest absolute Gasteiger partial charge is 0 e. The third kappa shape index (κ3) is 11.5. The zero-order chi connectivity index (χ0) is 21.6. The van der Waals surface area contributed by atoms with E-state index in [9.17, 15) is 0 Å². The summed E-state index contributed by atoms with van der Waals surface area (Å²) in [6.45, 7) is 16.0. The van der Waals surface area contributed by atoms with E-state index in [1.54, 1.807) is 25.7 Å². The molecular formula is C28H54. The molecule has 2 fully saturated rings. The van der Waals surface area contributed by atoms with Crippen molar-refractivity contribution in [3.05, 3.63) is 48.5 Å². The molecule has 0 heterocycles. The molecule has 2 aliphatic carbocycles. The molecule has 0 aromatic heterocycles. The lowest BCUT2D eigenvalue weighted by Crippen LogP contribution is -2.22. The third-order valence-electron chi connectivity index (χ3n) is 5.13. The second-order valence-corrected chi connectivity index (χ2v) is 6.44. The summed E-state index contributed by atoms with van der Waals surface area (Å²) in [5.41, 5.74) is 0. The zero-order valence-electron chi connectivity index (χ0n) is 20.4. The Kier molecular flexibility index (Phi) is 22.7. The van der Waals surface area contributed by atoms with Crippen LogP contribution in [0.15, 0.2) is 48.5 Å². The Morgan fingerprint density at radius 3 is 0.893 bits per heavy atom. The molecule has 0 spiro atoms. The molecular weight excluding hydrogens is 336 g/mol. The molecule has 28 heavy (non-hydrogen) atoms. The highest BCUT2D eigenvalue weighted by atomic mass is 14.3. The SMILES string of the molecule is C1CCC2CCCCC2C1.CC.CC.CC.CC.[HH].[HH].c1ccc2ccccc2c1. The molecule has 0 amide bonds. The summed E-state index contributed by atoms with van der Waals surface area (Å²) in [6.07, 6.45) is 12.4. The van der Waals surface area contributed by atoms with Gasteiger partial charge in [-0.1, -0.05) is 155 Å². The first-order chi connectivity index (χ1) is 13.9. The summed E-state index contributed by atoms with van der Waals surface area (Å²) >= 11 is 0. The van der Waals surface area contributed by atoms with Crippen LogP contribution >= 0.6 is 0 Å². The van der Waals surface area contributed by atoms with Crippen LogP contribution in [-0.4, -0.2) is 0 Å². The molecule has 0 radical (unpaired) electrons. The van der Waals surface area contributed by atoms with E-state index >= 15 is 0 Å². The Hall–Kier alpha value is -1.30. The van der Waals surface area contributed by atoms with E-state index in [-0.39, 0.29) is 2.85 Å². The molecule has 2 aromatic carbocycles. The third-order valence-corrected chi connectivity index (χ3v) is 5.13. The van der Waals surface area contributed by atoms with Gasteiger partial charge in [0, 0.05) is 2.85 Å². The van der Waals surface area contributed by atoms with E-state index in [4.69, 9.17) is 0 Å². The van der Waals surface area contributed by atoms with Gasteiger partial charge in [-0.05, 0) is 22.6 Å². The molecule has 0 saturated heterocycles. The number of hydrogen-bond acceptors (Lipinski definition) is 0. The van der Waals surface area contributed by atoms with Crippen molar-refractivity contribution in [3.63, 3.8) is 0 Å². The molecule has 0 nitrogen and oxygen atoms in total. The minimum atomic E-state index is 0. The van der Waals surface area contributed by atoms with Crippen molar-refractivity contribution in [2.24, 2.45) is 11.8 Å². The zero-order valence-corrected chi connectivity index (χ0v) is 20.4. The van der Waals surface area contributed by atoms with Crippen molar-refractivity contribution >= 4 is 10.8 Å². The highest BCUT2D eigenvalue weighted by molar-refractivity contribution is 5.81. The van der Waals surface area contributed by atoms with E-state index in [1.807, 2.05) is 55.4 Å². The molecule has 0 aliphatic heterocycles. The van der Waals surface area contributed by atoms with Crippen molar-refractivity contribution in [1.82, 2.24) is 0 Å². The van der Waals surface area contributed by atoms with Gasteiger partial charge in [-0.15, -0.1) is 0 Å². The number of fused-ring (bicyclic) bond motifs is 2. The van der Waals surface area contributed by atoms with Gasteiger partial charge in [-0.25, -0.2) is 0 Å². The molecule has 0 unspecified atom stereocenters. The minimum absolute atomic E-state index is 0. The predicted molar refractivity (Wildman–Crippen MR) is 137 cm³/mol. The molecule has 2 aromatic rings. The van der Waals surface area contributed by atoms with Gasteiger partial charge in [0.25, 0.3) is 0 Å². The molecule has 2 aliphatic rings. The molecule has 166 valence electrons. The van der Waals surface area contributed by atoms with Crippen molar-refractivity contribution in [2.75, 3.05) is 0 Å². The average Bonchev–Trinajstić information content (AvgIpc) is 2.85. The van der Waals surface area contributed by atoms with Crippen LogP contribution in [0.3, 0.4) is 0 Å². The van der Waals surface area contributed by atoms with E-state index in [2.05, 4.69) is 48.5 Å². The Balaban J connectivity index is -0.000000162. The Morgan fingerprint density at radius 1 is 0.464 bits per heavy atom. The fourth-order valence-electron chi connectivity index (χ4n) is 3.99. The first-order valence-electron chi connectivity index (χ1n) is 12.4. The van der Waals surface area contributed by atoms with Crippen LogP contribution in [0.5, 0.6) is 0 Å². The summed E-state index contributed by atoms with van der Waals surface area (Å²) in [7, 11) is 0. The van der Waals surface area contributed by atoms with Gasteiger partial charge < -0.3 is 0 Å². The first-order valence-corrected chi connectivity index (χ1v) is 12.4. The van der Waals surface area contributed by atoms with Gasteiger partial charge in [0.1, 0.15) is 0 Å². The van der Waals surface area contributed by atoms with Gasteiger partial charge in [-0.2, -0.15) is 0 Å². The predicted octanol–water partition coefficient (Wildman–Crippen LogP) is 10.8. The van der Waals surface area contributed by atoms with Crippen LogP contribution < -0.4 is 0 Å². The van der Waals surface area contributed by atoms with Crippen LogP contribution in [0.1, 0.15) is 110 Å². The van der Waals surface area contributed by atoms with Crippen molar-refractivity contribution in [3.8, 4) is 0 Å². The van der Waals surface area contributed by atoms with Gasteiger partial charge in [-0.3, -0.25) is 0 Å².